The number of halogens is 1. The van der Waals surface area contributed by atoms with Crippen LogP contribution < -0.4 is 5.32 Å². The Morgan fingerprint density at radius 1 is 1.32 bits per heavy atom. The van der Waals surface area contributed by atoms with Gasteiger partial charge >= 0.3 is 0 Å². The molecule has 0 aromatic heterocycles. The molecule has 0 amide bonds. The Balaban J connectivity index is 1.60. The van der Waals surface area contributed by atoms with E-state index in [9.17, 15) is 4.39 Å². The van der Waals surface area contributed by atoms with Gasteiger partial charge in [-0.05, 0) is 42.9 Å². The monoisotopic (exact) mass is 351 g/mol. The molecule has 1 saturated heterocycles. The fourth-order valence-electron chi connectivity index (χ4n) is 2.86. The maximum absolute atomic E-state index is 13.0. The standard InChI is InChI=1S/C19H30FN3O2/c1-21-19(23(2)14-16-4-6-18(20)7-5-16)22-10-3-11-25-15-17-8-12-24-13-9-17/h4-7,17H,3,8-15H2,1-2H3,(H,21,22). The van der Waals surface area contributed by atoms with Crippen LogP contribution in [0, 0.1) is 11.7 Å². The molecule has 1 aliphatic heterocycles. The Morgan fingerprint density at radius 2 is 2.04 bits per heavy atom. The van der Waals surface area contributed by atoms with Crippen molar-refractivity contribution in [3.63, 3.8) is 0 Å². The maximum atomic E-state index is 13.0. The summed E-state index contributed by atoms with van der Waals surface area (Å²) in [7, 11) is 3.74. The lowest BCUT2D eigenvalue weighted by Crippen LogP contribution is -2.39. The first-order valence-corrected chi connectivity index (χ1v) is 9.00. The minimum Gasteiger partial charge on any atom is -0.381 e. The zero-order chi connectivity index (χ0) is 17.9. The van der Waals surface area contributed by atoms with Crippen molar-refractivity contribution < 1.29 is 13.9 Å². The summed E-state index contributed by atoms with van der Waals surface area (Å²) in [5.74, 6) is 1.26. The Kier molecular flexibility index (Phi) is 8.69. The van der Waals surface area contributed by atoms with E-state index in [-0.39, 0.29) is 5.82 Å². The van der Waals surface area contributed by atoms with Crippen LogP contribution in [0.25, 0.3) is 0 Å². The van der Waals surface area contributed by atoms with Gasteiger partial charge in [-0.15, -0.1) is 0 Å². The minimum absolute atomic E-state index is 0.213. The van der Waals surface area contributed by atoms with Crippen LogP contribution in [0.2, 0.25) is 0 Å². The number of aliphatic imine (C=N–C) groups is 1. The summed E-state index contributed by atoms with van der Waals surface area (Å²) < 4.78 is 24.1. The lowest BCUT2D eigenvalue weighted by atomic mass is 10.0. The molecule has 0 spiro atoms. The number of guanidine groups is 1. The van der Waals surface area contributed by atoms with Gasteiger partial charge in [0, 0.05) is 53.6 Å². The number of hydrogen-bond acceptors (Lipinski definition) is 3. The van der Waals surface area contributed by atoms with Crippen LogP contribution in [-0.2, 0) is 16.0 Å². The van der Waals surface area contributed by atoms with E-state index in [0.29, 0.717) is 12.5 Å². The molecule has 1 aliphatic rings. The lowest BCUT2D eigenvalue weighted by molar-refractivity contribution is 0.0203. The quantitative estimate of drug-likeness (QED) is 0.444. The second-order valence-corrected chi connectivity index (χ2v) is 6.44. The number of ether oxygens (including phenoxy) is 2. The van der Waals surface area contributed by atoms with Crippen LogP contribution in [-0.4, -0.2) is 57.9 Å². The molecule has 1 aromatic carbocycles. The van der Waals surface area contributed by atoms with Crippen LogP contribution in [0.1, 0.15) is 24.8 Å². The summed E-state index contributed by atoms with van der Waals surface area (Å²) in [5, 5.41) is 3.34. The van der Waals surface area contributed by atoms with Crippen molar-refractivity contribution in [1.82, 2.24) is 10.2 Å². The van der Waals surface area contributed by atoms with Crippen molar-refractivity contribution in [3.05, 3.63) is 35.6 Å². The predicted octanol–water partition coefficient (Wildman–Crippen LogP) is 2.67. The van der Waals surface area contributed by atoms with E-state index >= 15 is 0 Å². The molecule has 5 nitrogen and oxygen atoms in total. The van der Waals surface area contributed by atoms with Crippen LogP contribution in [0.5, 0.6) is 0 Å². The molecule has 0 radical (unpaired) electrons. The SMILES string of the molecule is CN=C(NCCCOCC1CCOCC1)N(C)Cc1ccc(F)cc1. The summed E-state index contributed by atoms with van der Waals surface area (Å²) in [5.41, 5.74) is 1.05. The first kappa shape index (κ1) is 19.7. The lowest BCUT2D eigenvalue weighted by Gasteiger charge is -2.23. The van der Waals surface area contributed by atoms with Crippen molar-refractivity contribution in [2.45, 2.75) is 25.8 Å². The molecule has 1 N–H and O–H groups in total. The predicted molar refractivity (Wildman–Crippen MR) is 98.2 cm³/mol. The van der Waals surface area contributed by atoms with Crippen LogP contribution in [0.4, 0.5) is 4.39 Å². The molecule has 0 atom stereocenters. The summed E-state index contributed by atoms with van der Waals surface area (Å²) in [6.07, 6.45) is 3.16. The molecule has 0 aliphatic carbocycles. The molecular formula is C19H30FN3O2. The highest BCUT2D eigenvalue weighted by Crippen LogP contribution is 2.14. The molecule has 0 bridgehead atoms. The normalized spacial score (nSPS) is 16.0. The van der Waals surface area contributed by atoms with Gasteiger partial charge in [-0.2, -0.15) is 0 Å². The second kappa shape index (κ2) is 11.1. The van der Waals surface area contributed by atoms with Gasteiger partial charge in [0.25, 0.3) is 0 Å². The molecule has 0 unspecified atom stereocenters. The van der Waals surface area contributed by atoms with E-state index in [4.69, 9.17) is 9.47 Å². The topological polar surface area (TPSA) is 46.1 Å². The molecule has 1 heterocycles. The zero-order valence-electron chi connectivity index (χ0n) is 15.3. The zero-order valence-corrected chi connectivity index (χ0v) is 15.3. The Hall–Kier alpha value is -1.66. The third-order valence-corrected chi connectivity index (χ3v) is 4.35. The number of nitrogens with one attached hydrogen (secondary N) is 1. The Labute approximate surface area is 150 Å². The molecule has 0 saturated carbocycles. The average molecular weight is 351 g/mol. The summed E-state index contributed by atoms with van der Waals surface area (Å²) in [6, 6.07) is 6.55. The van der Waals surface area contributed by atoms with Crippen LogP contribution in [0.15, 0.2) is 29.3 Å². The van der Waals surface area contributed by atoms with Gasteiger partial charge in [0.1, 0.15) is 5.82 Å². The van der Waals surface area contributed by atoms with Gasteiger partial charge in [0.15, 0.2) is 5.96 Å². The number of benzene rings is 1. The van der Waals surface area contributed by atoms with Gasteiger partial charge in [-0.25, -0.2) is 4.39 Å². The molecular weight excluding hydrogens is 321 g/mol. The van der Waals surface area contributed by atoms with Gasteiger partial charge in [0.2, 0.25) is 0 Å². The van der Waals surface area contributed by atoms with Crippen LogP contribution in [0.3, 0.4) is 0 Å². The van der Waals surface area contributed by atoms with Crippen molar-refractivity contribution in [2.24, 2.45) is 10.9 Å². The third-order valence-electron chi connectivity index (χ3n) is 4.35. The fourth-order valence-corrected chi connectivity index (χ4v) is 2.86. The highest BCUT2D eigenvalue weighted by Gasteiger charge is 2.13. The van der Waals surface area contributed by atoms with Crippen molar-refractivity contribution >= 4 is 5.96 Å². The highest BCUT2D eigenvalue weighted by molar-refractivity contribution is 5.79. The minimum atomic E-state index is -0.213. The number of hydrogen-bond donors (Lipinski definition) is 1. The maximum Gasteiger partial charge on any atom is 0.193 e. The van der Waals surface area contributed by atoms with Crippen LogP contribution >= 0.6 is 0 Å². The van der Waals surface area contributed by atoms with Crippen molar-refractivity contribution in [2.75, 3.05) is 47.1 Å². The van der Waals surface area contributed by atoms with Gasteiger partial charge in [-0.1, -0.05) is 12.1 Å². The molecule has 25 heavy (non-hydrogen) atoms. The molecule has 1 fully saturated rings. The van der Waals surface area contributed by atoms with Gasteiger partial charge in [-0.3, -0.25) is 4.99 Å². The van der Waals surface area contributed by atoms with Gasteiger partial charge < -0.3 is 19.7 Å². The third kappa shape index (κ3) is 7.40. The molecule has 1 aromatic rings. The smallest absolute Gasteiger partial charge is 0.193 e. The average Bonchev–Trinajstić information content (AvgIpc) is 2.64. The summed E-state index contributed by atoms with van der Waals surface area (Å²) in [4.78, 5) is 6.32. The van der Waals surface area contributed by atoms with E-state index in [2.05, 4.69) is 10.3 Å². The molecule has 140 valence electrons. The summed E-state index contributed by atoms with van der Waals surface area (Å²) >= 11 is 0. The largest absolute Gasteiger partial charge is 0.381 e. The van der Waals surface area contributed by atoms with Crippen molar-refractivity contribution in [1.29, 1.82) is 0 Å². The number of nitrogens with zero attached hydrogens (tertiary/aromatic N) is 2. The highest BCUT2D eigenvalue weighted by atomic mass is 19.1. The van der Waals surface area contributed by atoms with E-state index < -0.39 is 0 Å². The van der Waals surface area contributed by atoms with Crippen molar-refractivity contribution in [3.8, 4) is 0 Å². The van der Waals surface area contributed by atoms with E-state index in [1.165, 1.54) is 12.1 Å². The summed E-state index contributed by atoms with van der Waals surface area (Å²) in [6.45, 7) is 4.82. The first-order valence-electron chi connectivity index (χ1n) is 9.00. The Morgan fingerprint density at radius 3 is 2.72 bits per heavy atom. The first-order chi connectivity index (χ1) is 12.2. The second-order valence-electron chi connectivity index (χ2n) is 6.44. The Bertz CT molecular complexity index is 516. The number of rotatable bonds is 8. The fraction of sp³-hybridized carbons (Fsp3) is 0.632. The van der Waals surface area contributed by atoms with E-state index in [0.717, 1.165) is 63.8 Å². The van der Waals surface area contributed by atoms with Gasteiger partial charge in [0.05, 0.1) is 0 Å². The molecule has 2 rings (SSSR count). The van der Waals surface area contributed by atoms with E-state index in [1.54, 1.807) is 19.2 Å². The van der Waals surface area contributed by atoms with E-state index in [1.807, 2.05) is 11.9 Å². The molecule has 6 heteroatoms.